The number of hydrogen-bond donors (Lipinski definition) is 1. The molecule has 0 aliphatic carbocycles. The monoisotopic (exact) mass is 398 g/mol. The van der Waals surface area contributed by atoms with E-state index >= 15 is 0 Å². The first-order chi connectivity index (χ1) is 12.5. The third kappa shape index (κ3) is 4.47. The molecule has 1 aromatic heterocycles. The Morgan fingerprint density at radius 2 is 2.04 bits per heavy atom. The lowest BCUT2D eigenvalue weighted by atomic mass is 10.2. The molecule has 1 aliphatic heterocycles. The highest BCUT2D eigenvalue weighted by Gasteiger charge is 2.29. The Bertz CT molecular complexity index is 863. The summed E-state index contributed by atoms with van der Waals surface area (Å²) < 4.78 is 45.8. The highest BCUT2D eigenvalue weighted by atomic mass is 32.2. The summed E-state index contributed by atoms with van der Waals surface area (Å²) in [5.74, 6) is -1.09. The highest BCUT2D eigenvalue weighted by Crippen LogP contribution is 2.24. The summed E-state index contributed by atoms with van der Waals surface area (Å²) in [6.07, 6.45) is 0.868. The molecule has 1 N–H and O–H groups in total. The summed E-state index contributed by atoms with van der Waals surface area (Å²) in [5.41, 5.74) is 0.259. The normalized spacial score (nSPS) is 15.7. The molecule has 1 saturated heterocycles. The predicted octanol–water partition coefficient (Wildman–Crippen LogP) is 2.48. The third-order valence-electron chi connectivity index (χ3n) is 3.98. The molecule has 1 fully saturated rings. The molecule has 140 valence electrons. The molecule has 9 heteroatoms. The molecule has 0 saturated carbocycles. The number of amides is 1. The van der Waals surface area contributed by atoms with Crippen LogP contribution in [0.1, 0.15) is 11.3 Å². The standard InChI is InChI=1S/C17H19FN2O4S2/c18-15-5-3-13(19-17(21)6-4-14-2-1-11-25-14)12-16(15)26(22,23)20-7-9-24-10-8-20/h1-3,5,11-12H,4,6-10H2,(H,19,21). The molecule has 3 rings (SSSR count). The molecule has 6 nitrogen and oxygen atoms in total. The van der Waals surface area contributed by atoms with Crippen LogP contribution in [-0.4, -0.2) is 44.9 Å². The molecule has 1 aliphatic rings. The minimum absolute atomic E-state index is 0.180. The lowest BCUT2D eigenvalue weighted by Crippen LogP contribution is -2.40. The van der Waals surface area contributed by atoms with Crippen LogP contribution in [0.25, 0.3) is 0 Å². The molecular formula is C17H19FN2O4S2. The zero-order valence-electron chi connectivity index (χ0n) is 14.0. The minimum atomic E-state index is -3.97. The Morgan fingerprint density at radius 3 is 2.73 bits per heavy atom. The minimum Gasteiger partial charge on any atom is -0.379 e. The Hall–Kier alpha value is -1.81. The quantitative estimate of drug-likeness (QED) is 0.811. The van der Waals surface area contributed by atoms with Gasteiger partial charge in [0, 0.05) is 30.1 Å². The van der Waals surface area contributed by atoms with E-state index in [0.29, 0.717) is 6.42 Å². The van der Waals surface area contributed by atoms with Gasteiger partial charge in [-0.2, -0.15) is 4.31 Å². The van der Waals surface area contributed by atoms with Gasteiger partial charge in [-0.25, -0.2) is 12.8 Å². The number of thiophene rings is 1. The molecule has 2 aromatic rings. The Balaban J connectivity index is 1.71. The van der Waals surface area contributed by atoms with Gasteiger partial charge in [0.15, 0.2) is 0 Å². The van der Waals surface area contributed by atoms with E-state index in [1.165, 1.54) is 16.4 Å². The van der Waals surface area contributed by atoms with Gasteiger partial charge in [0.2, 0.25) is 15.9 Å². The number of carbonyl (C=O) groups excluding carboxylic acids is 1. The van der Waals surface area contributed by atoms with Crippen molar-refractivity contribution >= 4 is 33.0 Å². The number of sulfonamides is 1. The van der Waals surface area contributed by atoms with Crippen molar-refractivity contribution in [1.82, 2.24) is 4.31 Å². The molecule has 0 radical (unpaired) electrons. The average Bonchev–Trinajstić information content (AvgIpc) is 3.16. The number of anilines is 1. The van der Waals surface area contributed by atoms with E-state index in [-0.39, 0.29) is 44.3 Å². The maximum Gasteiger partial charge on any atom is 0.246 e. The first-order valence-electron chi connectivity index (χ1n) is 8.16. The molecule has 0 atom stereocenters. The van der Waals surface area contributed by atoms with Gasteiger partial charge >= 0.3 is 0 Å². The van der Waals surface area contributed by atoms with Crippen LogP contribution in [-0.2, 0) is 26.0 Å². The fourth-order valence-electron chi connectivity index (χ4n) is 2.62. The van der Waals surface area contributed by atoms with Crippen molar-refractivity contribution in [1.29, 1.82) is 0 Å². The van der Waals surface area contributed by atoms with Crippen molar-refractivity contribution in [2.75, 3.05) is 31.6 Å². The van der Waals surface area contributed by atoms with Crippen LogP contribution in [0.4, 0.5) is 10.1 Å². The summed E-state index contributed by atoms with van der Waals surface area (Å²) in [6, 6.07) is 7.45. The molecule has 0 unspecified atom stereocenters. The van der Waals surface area contributed by atoms with Gasteiger partial charge in [-0.1, -0.05) is 6.07 Å². The van der Waals surface area contributed by atoms with E-state index < -0.39 is 20.7 Å². The maximum absolute atomic E-state index is 14.1. The SMILES string of the molecule is O=C(CCc1cccs1)Nc1ccc(F)c(S(=O)(=O)N2CCOCC2)c1. The molecule has 0 spiro atoms. The van der Waals surface area contributed by atoms with E-state index in [2.05, 4.69) is 5.32 Å². The number of aryl methyl sites for hydroxylation is 1. The Labute approximate surface area is 155 Å². The topological polar surface area (TPSA) is 75.7 Å². The second-order valence-corrected chi connectivity index (χ2v) is 8.73. The second kappa shape index (κ2) is 8.26. The van der Waals surface area contributed by atoms with E-state index in [1.54, 1.807) is 11.3 Å². The van der Waals surface area contributed by atoms with Crippen molar-refractivity contribution in [2.45, 2.75) is 17.7 Å². The number of morpholine rings is 1. The molecule has 2 heterocycles. The van der Waals surface area contributed by atoms with Crippen molar-refractivity contribution in [3.05, 3.63) is 46.4 Å². The number of benzene rings is 1. The van der Waals surface area contributed by atoms with Gasteiger partial charge in [0.25, 0.3) is 0 Å². The van der Waals surface area contributed by atoms with Gasteiger partial charge in [-0.15, -0.1) is 11.3 Å². The van der Waals surface area contributed by atoms with Gasteiger partial charge in [0.1, 0.15) is 10.7 Å². The van der Waals surface area contributed by atoms with Gasteiger partial charge < -0.3 is 10.1 Å². The first-order valence-corrected chi connectivity index (χ1v) is 10.5. The zero-order chi connectivity index (χ0) is 18.6. The van der Waals surface area contributed by atoms with E-state index in [1.807, 2.05) is 17.5 Å². The molecule has 0 bridgehead atoms. The lowest BCUT2D eigenvalue weighted by molar-refractivity contribution is -0.116. The number of ether oxygens (including phenoxy) is 1. The third-order valence-corrected chi connectivity index (χ3v) is 6.83. The smallest absolute Gasteiger partial charge is 0.246 e. The second-order valence-electron chi connectivity index (χ2n) is 5.79. The number of halogens is 1. The zero-order valence-corrected chi connectivity index (χ0v) is 15.6. The van der Waals surface area contributed by atoms with Crippen molar-refractivity contribution in [3.63, 3.8) is 0 Å². The molecule has 1 amide bonds. The molecular weight excluding hydrogens is 379 g/mol. The maximum atomic E-state index is 14.1. The average molecular weight is 398 g/mol. The fourth-order valence-corrected chi connectivity index (χ4v) is 4.83. The predicted molar refractivity (Wildman–Crippen MR) is 97.2 cm³/mol. The van der Waals surface area contributed by atoms with Crippen LogP contribution in [0, 0.1) is 5.82 Å². The van der Waals surface area contributed by atoms with Crippen LogP contribution in [0.2, 0.25) is 0 Å². The van der Waals surface area contributed by atoms with Crippen LogP contribution >= 0.6 is 11.3 Å². The van der Waals surface area contributed by atoms with Crippen LogP contribution < -0.4 is 5.32 Å². The summed E-state index contributed by atoms with van der Waals surface area (Å²) >= 11 is 1.57. The van der Waals surface area contributed by atoms with Crippen molar-refractivity contribution in [3.8, 4) is 0 Å². The number of hydrogen-bond acceptors (Lipinski definition) is 5. The first kappa shape index (κ1) is 19.0. The van der Waals surface area contributed by atoms with Crippen LogP contribution in [0.5, 0.6) is 0 Å². The lowest BCUT2D eigenvalue weighted by Gasteiger charge is -2.26. The number of carbonyl (C=O) groups is 1. The summed E-state index contributed by atoms with van der Waals surface area (Å²) in [6.45, 7) is 0.915. The van der Waals surface area contributed by atoms with E-state index in [4.69, 9.17) is 4.74 Å². The Kier molecular flexibility index (Phi) is 6.02. The molecule has 1 aromatic carbocycles. The van der Waals surface area contributed by atoms with Crippen LogP contribution in [0.15, 0.2) is 40.6 Å². The van der Waals surface area contributed by atoms with Gasteiger partial charge in [-0.05, 0) is 36.1 Å². The fraction of sp³-hybridized carbons (Fsp3) is 0.353. The number of nitrogens with one attached hydrogen (secondary N) is 1. The van der Waals surface area contributed by atoms with E-state index in [9.17, 15) is 17.6 Å². The Morgan fingerprint density at radius 1 is 1.27 bits per heavy atom. The van der Waals surface area contributed by atoms with Crippen molar-refractivity contribution < 1.29 is 22.3 Å². The highest BCUT2D eigenvalue weighted by molar-refractivity contribution is 7.89. The molecule has 26 heavy (non-hydrogen) atoms. The summed E-state index contributed by atoms with van der Waals surface area (Å²) in [4.78, 5) is 12.7. The van der Waals surface area contributed by atoms with Gasteiger partial charge in [0.05, 0.1) is 13.2 Å². The summed E-state index contributed by atoms with van der Waals surface area (Å²) in [7, 11) is -3.97. The van der Waals surface area contributed by atoms with E-state index in [0.717, 1.165) is 10.9 Å². The number of rotatable bonds is 6. The largest absolute Gasteiger partial charge is 0.379 e. The summed E-state index contributed by atoms with van der Waals surface area (Å²) in [5, 5.41) is 4.58. The van der Waals surface area contributed by atoms with Crippen molar-refractivity contribution in [2.24, 2.45) is 0 Å². The van der Waals surface area contributed by atoms with Crippen LogP contribution in [0.3, 0.4) is 0 Å². The van der Waals surface area contributed by atoms with Gasteiger partial charge in [-0.3, -0.25) is 4.79 Å². The number of nitrogens with zero attached hydrogens (tertiary/aromatic N) is 1.